The summed E-state index contributed by atoms with van der Waals surface area (Å²) in [6, 6.07) is 7.31. The summed E-state index contributed by atoms with van der Waals surface area (Å²) in [7, 11) is -2.47. The number of carbonyl (C=O) groups is 1. The van der Waals surface area contributed by atoms with Gasteiger partial charge in [-0.05, 0) is 61.7 Å². The number of carbonyl (C=O) groups excluding carboxylic acids is 1. The standard InChI is InChI=1S/C20H22F2N2O3S/c1-12-9-16-10-17(6-8-20(16)24(12)14(3)25)28(26,27)23(4)13(2)15-5-7-18(21)19(22)11-15/h5-8,10-13H,9H2,1-4H3. The molecule has 0 saturated carbocycles. The molecule has 0 fully saturated rings. The van der Waals surface area contributed by atoms with Crippen LogP contribution in [0.4, 0.5) is 14.5 Å². The molecule has 8 heteroatoms. The summed E-state index contributed by atoms with van der Waals surface area (Å²) < 4.78 is 54.0. The predicted octanol–water partition coefficient (Wildman–Crippen LogP) is 3.64. The molecule has 1 aliphatic heterocycles. The fourth-order valence-corrected chi connectivity index (χ4v) is 5.01. The SMILES string of the molecule is CC(=O)N1c2ccc(S(=O)(=O)N(C)C(C)c3ccc(F)c(F)c3)cc2CC1C. The quantitative estimate of drug-likeness (QED) is 0.776. The van der Waals surface area contributed by atoms with Gasteiger partial charge in [0.1, 0.15) is 0 Å². The van der Waals surface area contributed by atoms with Crippen LogP contribution in [0.2, 0.25) is 0 Å². The first-order valence-electron chi connectivity index (χ1n) is 8.89. The third-order valence-electron chi connectivity index (χ3n) is 5.25. The van der Waals surface area contributed by atoms with Crippen molar-refractivity contribution in [1.29, 1.82) is 0 Å². The molecule has 0 radical (unpaired) electrons. The summed E-state index contributed by atoms with van der Waals surface area (Å²) in [6.45, 7) is 5.00. The van der Waals surface area contributed by atoms with Crippen LogP contribution < -0.4 is 4.90 Å². The first-order chi connectivity index (χ1) is 13.0. The van der Waals surface area contributed by atoms with Crippen molar-refractivity contribution in [2.24, 2.45) is 0 Å². The molecule has 0 bridgehead atoms. The van der Waals surface area contributed by atoms with Crippen molar-refractivity contribution >= 4 is 21.6 Å². The second kappa shape index (κ2) is 7.25. The Morgan fingerprint density at radius 2 is 1.86 bits per heavy atom. The van der Waals surface area contributed by atoms with Crippen LogP contribution in [-0.2, 0) is 21.2 Å². The lowest BCUT2D eigenvalue weighted by Gasteiger charge is -2.25. The molecule has 5 nitrogen and oxygen atoms in total. The van der Waals surface area contributed by atoms with Crippen LogP contribution in [0.25, 0.3) is 0 Å². The molecular formula is C20H22F2N2O3S. The van der Waals surface area contributed by atoms with Crippen LogP contribution in [0.15, 0.2) is 41.3 Å². The molecule has 28 heavy (non-hydrogen) atoms. The molecule has 150 valence electrons. The highest BCUT2D eigenvalue weighted by atomic mass is 32.2. The number of benzene rings is 2. The normalized spacial score (nSPS) is 17.7. The highest BCUT2D eigenvalue weighted by Gasteiger charge is 2.32. The highest BCUT2D eigenvalue weighted by Crippen LogP contribution is 2.35. The maximum absolute atomic E-state index is 13.5. The Morgan fingerprint density at radius 1 is 1.18 bits per heavy atom. The number of nitrogens with zero attached hydrogens (tertiary/aromatic N) is 2. The van der Waals surface area contributed by atoms with Gasteiger partial charge >= 0.3 is 0 Å². The second-order valence-electron chi connectivity index (χ2n) is 7.10. The Morgan fingerprint density at radius 3 is 2.46 bits per heavy atom. The molecule has 3 rings (SSSR count). The molecular weight excluding hydrogens is 386 g/mol. The first-order valence-corrected chi connectivity index (χ1v) is 10.3. The summed E-state index contributed by atoms with van der Waals surface area (Å²) in [5.74, 6) is -2.10. The lowest BCUT2D eigenvalue weighted by molar-refractivity contribution is -0.116. The number of amides is 1. The van der Waals surface area contributed by atoms with Crippen LogP contribution in [0.3, 0.4) is 0 Å². The van der Waals surface area contributed by atoms with E-state index in [0.29, 0.717) is 12.0 Å². The zero-order chi connectivity index (χ0) is 20.8. The third-order valence-corrected chi connectivity index (χ3v) is 7.18. The minimum Gasteiger partial charge on any atom is -0.309 e. The topological polar surface area (TPSA) is 57.7 Å². The Hall–Kier alpha value is -2.32. The maximum atomic E-state index is 13.5. The van der Waals surface area contributed by atoms with Gasteiger partial charge in [0.15, 0.2) is 11.6 Å². The van der Waals surface area contributed by atoms with Gasteiger partial charge in [0, 0.05) is 31.7 Å². The molecule has 1 heterocycles. The molecule has 0 spiro atoms. The lowest BCUT2D eigenvalue weighted by atomic mass is 10.1. The van der Waals surface area contributed by atoms with Crippen LogP contribution in [0.5, 0.6) is 0 Å². The minimum atomic E-state index is -3.87. The number of anilines is 1. The number of sulfonamides is 1. The summed E-state index contributed by atoms with van der Waals surface area (Å²) in [6.07, 6.45) is 0.570. The molecule has 0 aliphatic carbocycles. The fourth-order valence-electron chi connectivity index (χ4n) is 3.60. The Bertz CT molecular complexity index is 1040. The summed E-state index contributed by atoms with van der Waals surface area (Å²) in [5.41, 5.74) is 1.86. The van der Waals surface area contributed by atoms with Gasteiger partial charge in [0.05, 0.1) is 4.90 Å². The number of hydrogen-bond acceptors (Lipinski definition) is 3. The van der Waals surface area contributed by atoms with Crippen LogP contribution in [0, 0.1) is 11.6 Å². The van der Waals surface area contributed by atoms with E-state index in [0.717, 1.165) is 27.7 Å². The van der Waals surface area contributed by atoms with Gasteiger partial charge in [-0.1, -0.05) is 6.07 Å². The zero-order valence-electron chi connectivity index (χ0n) is 16.1. The Balaban J connectivity index is 1.93. The average molecular weight is 408 g/mol. The van der Waals surface area contributed by atoms with E-state index >= 15 is 0 Å². The monoisotopic (exact) mass is 408 g/mol. The molecule has 2 aromatic carbocycles. The molecule has 0 aromatic heterocycles. The first kappa shape index (κ1) is 20.4. The predicted molar refractivity (Wildman–Crippen MR) is 102 cm³/mol. The van der Waals surface area contributed by atoms with Crippen LogP contribution in [0.1, 0.15) is 37.9 Å². The minimum absolute atomic E-state index is 0.0377. The van der Waals surface area contributed by atoms with E-state index in [1.165, 1.54) is 26.1 Å². The van der Waals surface area contributed by atoms with Gasteiger partial charge in [-0.25, -0.2) is 17.2 Å². The van der Waals surface area contributed by atoms with Gasteiger partial charge in [0.2, 0.25) is 15.9 Å². The number of hydrogen-bond donors (Lipinski definition) is 0. The van der Waals surface area contributed by atoms with E-state index in [1.54, 1.807) is 24.0 Å². The van der Waals surface area contributed by atoms with E-state index in [-0.39, 0.29) is 16.8 Å². The van der Waals surface area contributed by atoms with Crippen molar-refractivity contribution in [1.82, 2.24) is 4.31 Å². The van der Waals surface area contributed by atoms with Crippen LogP contribution >= 0.6 is 0 Å². The van der Waals surface area contributed by atoms with Gasteiger partial charge in [0.25, 0.3) is 0 Å². The number of halogens is 2. The average Bonchev–Trinajstić information content (AvgIpc) is 2.97. The van der Waals surface area contributed by atoms with Gasteiger partial charge in [-0.3, -0.25) is 4.79 Å². The molecule has 0 N–H and O–H groups in total. The second-order valence-corrected chi connectivity index (χ2v) is 9.10. The molecule has 1 amide bonds. The zero-order valence-corrected chi connectivity index (χ0v) is 16.9. The third kappa shape index (κ3) is 3.42. The summed E-state index contributed by atoms with van der Waals surface area (Å²) in [5, 5.41) is 0. The smallest absolute Gasteiger partial charge is 0.243 e. The van der Waals surface area contributed by atoms with Gasteiger partial charge < -0.3 is 4.90 Å². The van der Waals surface area contributed by atoms with Crippen molar-refractivity contribution in [3.05, 3.63) is 59.2 Å². The van der Waals surface area contributed by atoms with E-state index in [2.05, 4.69) is 0 Å². The largest absolute Gasteiger partial charge is 0.309 e. The van der Waals surface area contributed by atoms with Gasteiger partial charge in [-0.2, -0.15) is 4.31 Å². The molecule has 2 aromatic rings. The summed E-state index contributed by atoms with van der Waals surface area (Å²) in [4.78, 5) is 13.6. The van der Waals surface area contributed by atoms with Crippen molar-refractivity contribution in [2.75, 3.05) is 11.9 Å². The van der Waals surface area contributed by atoms with E-state index in [1.807, 2.05) is 6.92 Å². The molecule has 2 unspecified atom stereocenters. The maximum Gasteiger partial charge on any atom is 0.243 e. The van der Waals surface area contributed by atoms with Crippen molar-refractivity contribution < 1.29 is 22.0 Å². The van der Waals surface area contributed by atoms with Crippen LogP contribution in [-0.4, -0.2) is 31.7 Å². The molecule has 0 saturated heterocycles. The number of fused-ring (bicyclic) bond motifs is 1. The Kier molecular flexibility index (Phi) is 5.29. The molecule has 2 atom stereocenters. The van der Waals surface area contributed by atoms with Crippen molar-refractivity contribution in [2.45, 2.75) is 44.2 Å². The van der Waals surface area contributed by atoms with Gasteiger partial charge in [-0.15, -0.1) is 0 Å². The summed E-state index contributed by atoms with van der Waals surface area (Å²) >= 11 is 0. The highest BCUT2D eigenvalue weighted by molar-refractivity contribution is 7.89. The van der Waals surface area contributed by atoms with E-state index in [4.69, 9.17) is 0 Å². The number of rotatable bonds is 4. The van der Waals surface area contributed by atoms with Crippen molar-refractivity contribution in [3.63, 3.8) is 0 Å². The Labute approximate surface area is 163 Å². The molecule has 1 aliphatic rings. The lowest BCUT2D eigenvalue weighted by Crippen LogP contribution is -2.33. The fraction of sp³-hybridized carbons (Fsp3) is 0.350. The van der Waals surface area contributed by atoms with E-state index in [9.17, 15) is 22.0 Å². The van der Waals surface area contributed by atoms with E-state index < -0.39 is 27.7 Å². The van der Waals surface area contributed by atoms with Crippen molar-refractivity contribution in [3.8, 4) is 0 Å².